The minimum absolute atomic E-state index is 0. The molecule has 0 bridgehead atoms. The van der Waals surface area contributed by atoms with Gasteiger partial charge in [0.25, 0.3) is 0 Å². The minimum atomic E-state index is 0. The summed E-state index contributed by atoms with van der Waals surface area (Å²) in [6.45, 7) is 6.50. The first-order valence-corrected chi connectivity index (χ1v) is 8.34. The third-order valence-corrected chi connectivity index (χ3v) is 4.79. The number of nitrogens with zero attached hydrogens (tertiary/aromatic N) is 1. The molecule has 2 rings (SSSR count). The van der Waals surface area contributed by atoms with Crippen molar-refractivity contribution in [1.29, 1.82) is 0 Å². The Bertz CT molecular complexity index is 420. The van der Waals surface area contributed by atoms with Gasteiger partial charge in [0.15, 0.2) is 0 Å². The number of piperazine rings is 1. The highest BCUT2D eigenvalue weighted by atomic mass is 79.9. The quantitative estimate of drug-likeness (QED) is 0.688. The van der Waals surface area contributed by atoms with E-state index in [1.807, 2.05) is 12.1 Å². The van der Waals surface area contributed by atoms with Crippen LogP contribution in [0.15, 0.2) is 21.1 Å². The number of hydrogen-bond acceptors (Lipinski definition) is 3. The Hall–Kier alpha value is 0.480. The Morgan fingerprint density at radius 3 is 2.19 bits per heavy atom. The molecule has 1 fully saturated rings. The summed E-state index contributed by atoms with van der Waals surface area (Å²) in [5.74, 6) is 0.277. The van der Waals surface area contributed by atoms with Gasteiger partial charge in [-0.1, -0.05) is 13.3 Å². The monoisotopic (exact) mass is 462 g/mol. The van der Waals surface area contributed by atoms with Crippen LogP contribution in [-0.4, -0.2) is 36.2 Å². The highest BCUT2D eigenvalue weighted by Crippen LogP contribution is 2.37. The standard InChI is InChI=1S/C14H20Br2N2O.2ClH/c1-2-3-13(18-6-4-17-5-7-18)10-8-11(15)14(19)12(16)9-10;;/h8-9,13,17,19H,2-7H2,1H3;2*1H/t13-;;/m1../s1. The van der Waals surface area contributed by atoms with Crippen molar-refractivity contribution in [3.05, 3.63) is 26.6 Å². The number of nitrogens with one attached hydrogen (secondary N) is 1. The second kappa shape index (κ2) is 10.3. The number of halogens is 4. The van der Waals surface area contributed by atoms with Crippen LogP contribution in [0.25, 0.3) is 0 Å². The van der Waals surface area contributed by atoms with Crippen molar-refractivity contribution in [3.63, 3.8) is 0 Å². The molecular weight excluding hydrogens is 443 g/mol. The zero-order valence-electron chi connectivity index (χ0n) is 11.9. The lowest BCUT2D eigenvalue weighted by Crippen LogP contribution is -2.45. The third-order valence-electron chi connectivity index (χ3n) is 3.58. The van der Waals surface area contributed by atoms with Crippen LogP contribution in [0.3, 0.4) is 0 Å². The maximum Gasteiger partial charge on any atom is 0.143 e. The second-order valence-corrected chi connectivity index (χ2v) is 6.63. The predicted octanol–water partition coefficient (Wildman–Crippen LogP) is 4.51. The molecule has 2 N–H and O–H groups in total. The Balaban J connectivity index is 0.00000200. The van der Waals surface area contributed by atoms with Gasteiger partial charge in [-0.05, 0) is 56.0 Å². The number of phenolic OH excluding ortho intramolecular Hbond substituents is 1. The van der Waals surface area contributed by atoms with E-state index in [2.05, 4.69) is 49.0 Å². The van der Waals surface area contributed by atoms with Gasteiger partial charge < -0.3 is 10.4 Å². The van der Waals surface area contributed by atoms with Crippen molar-refractivity contribution >= 4 is 56.7 Å². The Morgan fingerprint density at radius 2 is 1.71 bits per heavy atom. The molecule has 1 aliphatic heterocycles. The molecule has 1 atom stereocenters. The highest BCUT2D eigenvalue weighted by Gasteiger charge is 2.22. The molecule has 0 aliphatic carbocycles. The topological polar surface area (TPSA) is 35.5 Å². The average molecular weight is 465 g/mol. The first-order valence-electron chi connectivity index (χ1n) is 6.76. The molecule has 0 amide bonds. The Labute approximate surface area is 155 Å². The molecule has 1 aliphatic rings. The fourth-order valence-corrected chi connectivity index (χ4v) is 3.83. The zero-order valence-corrected chi connectivity index (χ0v) is 16.7. The first kappa shape index (κ1) is 21.5. The smallest absolute Gasteiger partial charge is 0.143 e. The predicted molar refractivity (Wildman–Crippen MR) is 100 cm³/mol. The van der Waals surface area contributed by atoms with Crippen molar-refractivity contribution in [2.75, 3.05) is 26.2 Å². The van der Waals surface area contributed by atoms with Crippen molar-refractivity contribution < 1.29 is 5.11 Å². The summed E-state index contributed by atoms with van der Waals surface area (Å²) in [6.07, 6.45) is 2.30. The molecule has 0 radical (unpaired) electrons. The largest absolute Gasteiger partial charge is 0.506 e. The van der Waals surface area contributed by atoms with Gasteiger partial charge in [0, 0.05) is 32.2 Å². The van der Waals surface area contributed by atoms with Crippen LogP contribution < -0.4 is 5.32 Å². The van der Waals surface area contributed by atoms with Gasteiger partial charge in [-0.3, -0.25) is 4.90 Å². The van der Waals surface area contributed by atoms with Crippen LogP contribution in [-0.2, 0) is 0 Å². The molecule has 1 saturated heterocycles. The van der Waals surface area contributed by atoms with Gasteiger partial charge in [0.1, 0.15) is 5.75 Å². The Kier molecular flexibility index (Phi) is 10.5. The van der Waals surface area contributed by atoms with Gasteiger partial charge >= 0.3 is 0 Å². The number of rotatable bonds is 4. The van der Waals surface area contributed by atoms with Crippen LogP contribution in [0, 0.1) is 0 Å². The van der Waals surface area contributed by atoms with E-state index in [1.165, 1.54) is 5.56 Å². The fourth-order valence-electron chi connectivity index (χ4n) is 2.60. The van der Waals surface area contributed by atoms with Crippen LogP contribution in [0.4, 0.5) is 0 Å². The van der Waals surface area contributed by atoms with E-state index in [4.69, 9.17) is 0 Å². The molecule has 1 aromatic rings. The maximum absolute atomic E-state index is 9.84. The number of hydrogen-bond donors (Lipinski definition) is 2. The van der Waals surface area contributed by atoms with E-state index in [0.29, 0.717) is 6.04 Å². The van der Waals surface area contributed by atoms with Crippen LogP contribution in [0.2, 0.25) is 0 Å². The van der Waals surface area contributed by atoms with E-state index in [9.17, 15) is 5.11 Å². The summed E-state index contributed by atoms with van der Waals surface area (Å²) in [7, 11) is 0. The molecular formula is C14H22Br2Cl2N2O. The van der Waals surface area contributed by atoms with Crippen LogP contribution >= 0.6 is 56.7 Å². The van der Waals surface area contributed by atoms with Crippen molar-refractivity contribution in [2.45, 2.75) is 25.8 Å². The molecule has 0 saturated carbocycles. The Morgan fingerprint density at radius 1 is 1.19 bits per heavy atom. The average Bonchev–Trinajstić information content (AvgIpc) is 2.42. The number of benzene rings is 1. The highest BCUT2D eigenvalue weighted by molar-refractivity contribution is 9.11. The van der Waals surface area contributed by atoms with Gasteiger partial charge in [0.2, 0.25) is 0 Å². The lowest BCUT2D eigenvalue weighted by Gasteiger charge is -2.35. The van der Waals surface area contributed by atoms with Crippen LogP contribution in [0.1, 0.15) is 31.4 Å². The summed E-state index contributed by atoms with van der Waals surface area (Å²) in [4.78, 5) is 2.53. The molecule has 0 spiro atoms. The maximum atomic E-state index is 9.84. The lowest BCUT2D eigenvalue weighted by atomic mass is 10.00. The molecule has 3 nitrogen and oxygen atoms in total. The van der Waals surface area contributed by atoms with Gasteiger partial charge in [-0.15, -0.1) is 24.8 Å². The van der Waals surface area contributed by atoms with Crippen molar-refractivity contribution in [3.8, 4) is 5.75 Å². The molecule has 1 heterocycles. The first-order chi connectivity index (χ1) is 9.13. The van der Waals surface area contributed by atoms with Gasteiger partial charge in [-0.2, -0.15) is 0 Å². The molecule has 122 valence electrons. The normalized spacial score (nSPS) is 16.7. The van der Waals surface area contributed by atoms with Crippen LogP contribution in [0.5, 0.6) is 5.75 Å². The summed E-state index contributed by atoms with van der Waals surface area (Å²) < 4.78 is 1.52. The van der Waals surface area contributed by atoms with E-state index < -0.39 is 0 Å². The SMILES string of the molecule is CCC[C@H](c1cc(Br)c(O)c(Br)c1)N1CCNCC1.Cl.Cl. The van der Waals surface area contributed by atoms with Gasteiger partial charge in [-0.25, -0.2) is 0 Å². The van der Waals surface area contributed by atoms with Crippen molar-refractivity contribution in [1.82, 2.24) is 10.2 Å². The lowest BCUT2D eigenvalue weighted by molar-refractivity contribution is 0.164. The third kappa shape index (κ3) is 5.56. The van der Waals surface area contributed by atoms with E-state index in [-0.39, 0.29) is 30.6 Å². The minimum Gasteiger partial charge on any atom is -0.506 e. The summed E-state index contributed by atoms with van der Waals surface area (Å²) in [6, 6.07) is 4.52. The van der Waals surface area contributed by atoms with Crippen molar-refractivity contribution in [2.24, 2.45) is 0 Å². The van der Waals surface area contributed by atoms with E-state index in [1.54, 1.807) is 0 Å². The summed E-state index contributed by atoms with van der Waals surface area (Å²) >= 11 is 6.86. The second-order valence-electron chi connectivity index (χ2n) is 4.92. The molecule has 7 heteroatoms. The van der Waals surface area contributed by atoms with Gasteiger partial charge in [0.05, 0.1) is 8.95 Å². The number of phenols is 1. The number of aromatic hydroxyl groups is 1. The fraction of sp³-hybridized carbons (Fsp3) is 0.571. The van der Waals surface area contributed by atoms with E-state index in [0.717, 1.165) is 48.0 Å². The molecule has 21 heavy (non-hydrogen) atoms. The molecule has 1 aromatic carbocycles. The zero-order chi connectivity index (χ0) is 13.8. The summed E-state index contributed by atoms with van der Waals surface area (Å²) in [5, 5.41) is 13.2. The summed E-state index contributed by atoms with van der Waals surface area (Å²) in [5.41, 5.74) is 1.26. The molecule has 0 aromatic heterocycles. The van der Waals surface area contributed by atoms with E-state index >= 15 is 0 Å². The molecule has 0 unspecified atom stereocenters.